The van der Waals surface area contributed by atoms with Crippen molar-refractivity contribution in [2.75, 3.05) is 12.3 Å². The molecule has 7 nitrogen and oxygen atoms in total. The number of aliphatic hydroxyl groups is 2. The highest BCUT2D eigenvalue weighted by Gasteiger charge is 2.59. The maximum absolute atomic E-state index is 14.0. The van der Waals surface area contributed by atoms with E-state index in [1.54, 1.807) is 0 Å². The minimum Gasteiger partial charge on any atom is -0.394 e. The largest absolute Gasteiger partial charge is 0.394 e. The average molecular weight is 368 g/mol. The lowest BCUT2D eigenvalue weighted by molar-refractivity contribution is -0.141. The third-order valence-corrected chi connectivity index (χ3v) is 3.33. The summed E-state index contributed by atoms with van der Waals surface area (Å²) in [4.78, 5) is 16.6. The number of anilines is 1. The summed E-state index contributed by atoms with van der Waals surface area (Å²) in [6.45, 7) is -0.807. The molecule has 0 aromatic carbocycles. The van der Waals surface area contributed by atoms with Gasteiger partial charge in [0, 0.05) is 11.8 Å². The fraction of sp³-hybridized carbons (Fsp3) is 0.455. The number of nitrogens with two attached hydrogens (primary N) is 1. The monoisotopic (exact) mass is 367 g/mol. The Morgan fingerprint density at radius 2 is 2.29 bits per heavy atom. The van der Waals surface area contributed by atoms with Gasteiger partial charge in [0.2, 0.25) is 6.23 Å². The van der Waals surface area contributed by atoms with E-state index in [9.17, 15) is 18.7 Å². The molecule has 0 spiro atoms. The van der Waals surface area contributed by atoms with Gasteiger partial charge in [0.05, 0.1) is 6.61 Å². The summed E-state index contributed by atoms with van der Waals surface area (Å²) in [7, 11) is 0. The molecule has 1 aromatic rings. The summed E-state index contributed by atoms with van der Waals surface area (Å²) in [5.41, 5.74) is 4.68. The third-order valence-electron chi connectivity index (χ3n) is 3.07. The number of aliphatic hydroxyl groups excluding tert-OH is 2. The fourth-order valence-electron chi connectivity index (χ4n) is 1.98. The zero-order valence-corrected chi connectivity index (χ0v) is 12.1. The van der Waals surface area contributed by atoms with E-state index in [1.165, 1.54) is 11.1 Å². The first kappa shape index (κ1) is 16.0. The van der Waals surface area contributed by atoms with Gasteiger partial charge in [0.25, 0.3) is 0 Å². The van der Waals surface area contributed by atoms with E-state index < -0.39 is 36.7 Å². The highest BCUT2D eigenvalue weighted by atomic mass is 79.9. The molecule has 2 rings (SSSR count). The Labute approximate surface area is 125 Å². The zero-order chi connectivity index (χ0) is 15.8. The lowest BCUT2D eigenvalue weighted by atomic mass is 10.1. The Morgan fingerprint density at radius 3 is 2.81 bits per heavy atom. The van der Waals surface area contributed by atoms with Crippen LogP contribution >= 0.6 is 15.9 Å². The Kier molecular flexibility index (Phi) is 4.42. The van der Waals surface area contributed by atoms with Crippen molar-refractivity contribution in [1.29, 1.82) is 0 Å². The minimum absolute atomic E-state index is 0.132. The first-order valence-electron chi connectivity index (χ1n) is 5.80. The molecule has 0 saturated carbocycles. The lowest BCUT2D eigenvalue weighted by Crippen LogP contribution is -2.42. The van der Waals surface area contributed by atoms with Crippen LogP contribution in [0.2, 0.25) is 0 Å². The van der Waals surface area contributed by atoms with Gasteiger partial charge >= 0.3 is 11.6 Å². The number of aromatic nitrogens is 2. The van der Waals surface area contributed by atoms with Gasteiger partial charge in [-0.1, -0.05) is 15.9 Å². The maximum atomic E-state index is 14.0. The molecule has 0 radical (unpaired) electrons. The number of hydrogen-bond donors (Lipinski definition) is 3. The first-order valence-corrected chi connectivity index (χ1v) is 6.72. The maximum Gasteiger partial charge on any atom is 0.351 e. The van der Waals surface area contributed by atoms with Crippen LogP contribution < -0.4 is 11.4 Å². The van der Waals surface area contributed by atoms with Gasteiger partial charge in [-0.3, -0.25) is 4.57 Å². The molecule has 1 fully saturated rings. The van der Waals surface area contributed by atoms with Crippen LogP contribution in [0.5, 0.6) is 0 Å². The van der Waals surface area contributed by atoms with Gasteiger partial charge in [-0.2, -0.15) is 13.8 Å². The molecule has 3 unspecified atom stereocenters. The SMILES string of the molecule is Nc1nc(=O)n(C2OC(CO)C(O)C2(F)F)cc1C=CBr. The molecule has 1 saturated heterocycles. The van der Waals surface area contributed by atoms with Gasteiger partial charge in [-0.25, -0.2) is 4.79 Å². The van der Waals surface area contributed by atoms with E-state index in [2.05, 4.69) is 20.9 Å². The van der Waals surface area contributed by atoms with E-state index in [1.807, 2.05) is 0 Å². The molecule has 3 atom stereocenters. The van der Waals surface area contributed by atoms with Crippen molar-refractivity contribution < 1.29 is 23.7 Å². The predicted molar refractivity (Wildman–Crippen MR) is 72.8 cm³/mol. The highest BCUT2D eigenvalue weighted by Crippen LogP contribution is 2.42. The minimum atomic E-state index is -3.76. The van der Waals surface area contributed by atoms with E-state index in [-0.39, 0.29) is 11.4 Å². The van der Waals surface area contributed by atoms with Crippen molar-refractivity contribution >= 4 is 27.8 Å². The van der Waals surface area contributed by atoms with Gasteiger partial charge in [0.1, 0.15) is 11.9 Å². The Bertz CT molecular complexity index is 622. The van der Waals surface area contributed by atoms with Crippen molar-refractivity contribution in [3.8, 4) is 0 Å². The molecule has 10 heteroatoms. The quantitative estimate of drug-likeness (QED) is 0.697. The number of rotatable bonds is 3. The van der Waals surface area contributed by atoms with Crippen LogP contribution in [0.4, 0.5) is 14.6 Å². The summed E-state index contributed by atoms with van der Waals surface area (Å²) >= 11 is 3.00. The van der Waals surface area contributed by atoms with Gasteiger partial charge in [0.15, 0.2) is 6.10 Å². The molecule has 1 aliphatic heterocycles. The van der Waals surface area contributed by atoms with Gasteiger partial charge in [-0.05, 0) is 11.1 Å². The van der Waals surface area contributed by atoms with Crippen molar-refractivity contribution in [1.82, 2.24) is 9.55 Å². The molecule has 21 heavy (non-hydrogen) atoms. The normalized spacial score (nSPS) is 28.3. The predicted octanol–water partition coefficient (Wildman–Crippen LogP) is 0.0770. The molecule has 0 amide bonds. The lowest BCUT2D eigenvalue weighted by Gasteiger charge is -2.21. The number of nitrogens with zero attached hydrogens (tertiary/aromatic N) is 2. The number of hydrogen-bond acceptors (Lipinski definition) is 6. The molecular formula is C11H12BrF2N3O4. The molecule has 1 aliphatic rings. The summed E-state index contributed by atoms with van der Waals surface area (Å²) in [5.74, 6) is -3.89. The second-order valence-electron chi connectivity index (χ2n) is 4.39. The van der Waals surface area contributed by atoms with Crippen LogP contribution in [0.3, 0.4) is 0 Å². The third kappa shape index (κ3) is 2.71. The standard InChI is InChI=1S/C11H12BrF2N3O4/c12-2-1-5-3-17(10(20)16-8(5)15)9-11(13,14)7(19)6(4-18)21-9/h1-3,6-7,9,18-19H,4H2,(H2,15,16,20). The van der Waals surface area contributed by atoms with Crippen LogP contribution in [-0.4, -0.2) is 44.5 Å². The summed E-state index contributed by atoms with van der Waals surface area (Å²) in [6, 6.07) is 0. The fourth-order valence-corrected chi connectivity index (χ4v) is 2.26. The molecule has 116 valence electrons. The summed E-state index contributed by atoms with van der Waals surface area (Å²) in [6.07, 6.45) is -3.34. The van der Waals surface area contributed by atoms with E-state index >= 15 is 0 Å². The van der Waals surface area contributed by atoms with E-state index in [0.29, 0.717) is 4.57 Å². The number of alkyl halides is 2. The van der Waals surface area contributed by atoms with Crippen molar-refractivity contribution in [2.24, 2.45) is 0 Å². The topological polar surface area (TPSA) is 111 Å². The van der Waals surface area contributed by atoms with Crippen molar-refractivity contribution in [3.63, 3.8) is 0 Å². The molecule has 0 aliphatic carbocycles. The Balaban J connectivity index is 2.51. The number of ether oxygens (including phenoxy) is 1. The zero-order valence-electron chi connectivity index (χ0n) is 10.5. The van der Waals surface area contributed by atoms with Crippen LogP contribution in [-0.2, 0) is 4.74 Å². The Morgan fingerprint density at radius 1 is 1.62 bits per heavy atom. The van der Waals surface area contributed by atoms with E-state index in [4.69, 9.17) is 15.6 Å². The number of nitrogen functional groups attached to an aromatic ring is 1. The second-order valence-corrected chi connectivity index (χ2v) is 4.92. The summed E-state index contributed by atoms with van der Waals surface area (Å²) < 4.78 is 33.4. The van der Waals surface area contributed by atoms with E-state index in [0.717, 1.165) is 6.20 Å². The highest BCUT2D eigenvalue weighted by molar-refractivity contribution is 9.11. The van der Waals surface area contributed by atoms with Gasteiger partial charge < -0.3 is 20.7 Å². The average Bonchev–Trinajstić information content (AvgIpc) is 2.65. The molecule has 1 aromatic heterocycles. The molecule has 2 heterocycles. The first-order chi connectivity index (χ1) is 9.82. The van der Waals surface area contributed by atoms with Crippen LogP contribution in [0.1, 0.15) is 11.8 Å². The number of halogens is 3. The van der Waals surface area contributed by atoms with Crippen LogP contribution in [0.25, 0.3) is 6.08 Å². The second kappa shape index (κ2) is 5.79. The molecular weight excluding hydrogens is 356 g/mol. The summed E-state index contributed by atoms with van der Waals surface area (Å²) in [5, 5.41) is 18.4. The smallest absolute Gasteiger partial charge is 0.351 e. The Hall–Kier alpha value is -1.36. The van der Waals surface area contributed by atoms with Crippen molar-refractivity contribution in [2.45, 2.75) is 24.4 Å². The molecule has 0 bridgehead atoms. The van der Waals surface area contributed by atoms with Gasteiger partial charge in [-0.15, -0.1) is 0 Å². The van der Waals surface area contributed by atoms with Crippen LogP contribution in [0, 0.1) is 0 Å². The molecule has 4 N–H and O–H groups in total. The van der Waals surface area contributed by atoms with Crippen molar-refractivity contribution in [3.05, 3.63) is 27.2 Å². The van der Waals surface area contributed by atoms with Crippen LogP contribution in [0.15, 0.2) is 16.0 Å².